The summed E-state index contributed by atoms with van der Waals surface area (Å²) in [4.78, 5) is 14.0. The van der Waals surface area contributed by atoms with Crippen LogP contribution < -0.4 is 0 Å². The predicted molar refractivity (Wildman–Crippen MR) is 73.6 cm³/mol. The van der Waals surface area contributed by atoms with Gasteiger partial charge in [0.25, 0.3) is 0 Å². The Morgan fingerprint density at radius 1 is 1.47 bits per heavy atom. The summed E-state index contributed by atoms with van der Waals surface area (Å²) >= 11 is 4.34. The molecule has 0 aromatic rings. The Bertz CT molecular complexity index is 284. The van der Waals surface area contributed by atoms with E-state index < -0.39 is 5.60 Å². The van der Waals surface area contributed by atoms with E-state index in [1.807, 2.05) is 25.7 Å². The van der Waals surface area contributed by atoms with E-state index in [2.05, 4.69) is 26.5 Å². The van der Waals surface area contributed by atoms with Crippen molar-refractivity contribution in [3.05, 3.63) is 0 Å². The smallest absolute Gasteiger partial charge is 0.410 e. The molecule has 0 aromatic heterocycles. The third-order valence-electron chi connectivity index (χ3n) is 3.03. The normalized spacial score (nSPS) is 24.6. The van der Waals surface area contributed by atoms with Crippen LogP contribution in [0.15, 0.2) is 0 Å². The van der Waals surface area contributed by atoms with E-state index in [9.17, 15) is 4.79 Å². The van der Waals surface area contributed by atoms with Crippen LogP contribution in [0.5, 0.6) is 0 Å². The predicted octanol–water partition coefficient (Wildman–Crippen LogP) is 3.34. The third-order valence-corrected chi connectivity index (χ3v) is 3.45. The van der Waals surface area contributed by atoms with Crippen LogP contribution >= 0.6 is 12.6 Å². The highest BCUT2D eigenvalue weighted by molar-refractivity contribution is 7.80. The maximum Gasteiger partial charge on any atom is 0.410 e. The summed E-state index contributed by atoms with van der Waals surface area (Å²) in [5, 5.41) is 0. The highest BCUT2D eigenvalue weighted by Crippen LogP contribution is 2.33. The number of likely N-dealkylation sites (tertiary alicyclic amines) is 1. The number of amides is 1. The molecule has 1 fully saturated rings. The standard InChI is InChI=1S/C13H25NO2S/c1-12(2,3)16-11(15)14-9-13(4,5)7-6-10(14)8-17/h10,17H,6-9H2,1-5H3. The van der Waals surface area contributed by atoms with Gasteiger partial charge in [0.1, 0.15) is 5.60 Å². The lowest BCUT2D eigenvalue weighted by Gasteiger charge is -2.43. The maximum atomic E-state index is 12.1. The SMILES string of the molecule is CC1(C)CCC(CS)N(C(=O)OC(C)(C)C)C1. The van der Waals surface area contributed by atoms with Crippen molar-refractivity contribution in [3.63, 3.8) is 0 Å². The van der Waals surface area contributed by atoms with Gasteiger partial charge in [-0.25, -0.2) is 4.79 Å². The summed E-state index contributed by atoms with van der Waals surface area (Å²) in [6.07, 6.45) is 1.94. The maximum absolute atomic E-state index is 12.1. The highest BCUT2D eigenvalue weighted by Gasteiger charge is 2.36. The van der Waals surface area contributed by atoms with Gasteiger partial charge < -0.3 is 9.64 Å². The minimum atomic E-state index is -0.431. The van der Waals surface area contributed by atoms with Gasteiger partial charge in [0.15, 0.2) is 0 Å². The molecule has 1 amide bonds. The van der Waals surface area contributed by atoms with Gasteiger partial charge in [0.2, 0.25) is 0 Å². The summed E-state index contributed by atoms with van der Waals surface area (Å²) in [7, 11) is 0. The van der Waals surface area contributed by atoms with E-state index in [0.717, 1.165) is 19.4 Å². The zero-order chi connectivity index (χ0) is 13.3. The molecular weight excluding hydrogens is 234 g/mol. The fourth-order valence-electron chi connectivity index (χ4n) is 2.11. The molecule has 1 saturated heterocycles. The van der Waals surface area contributed by atoms with E-state index in [4.69, 9.17) is 4.74 Å². The number of ether oxygens (including phenoxy) is 1. The number of hydrogen-bond acceptors (Lipinski definition) is 3. The lowest BCUT2D eigenvalue weighted by molar-refractivity contribution is -0.00367. The molecule has 17 heavy (non-hydrogen) atoms. The molecule has 3 nitrogen and oxygen atoms in total. The molecule has 0 aliphatic carbocycles. The van der Waals surface area contributed by atoms with E-state index in [1.54, 1.807) is 0 Å². The van der Waals surface area contributed by atoms with E-state index in [0.29, 0.717) is 5.75 Å². The van der Waals surface area contributed by atoms with Crippen molar-refractivity contribution >= 4 is 18.7 Å². The van der Waals surface area contributed by atoms with Crippen LogP contribution in [0.3, 0.4) is 0 Å². The first-order chi connectivity index (χ1) is 7.64. The molecule has 0 aromatic carbocycles. The van der Waals surface area contributed by atoms with Crippen LogP contribution in [0, 0.1) is 5.41 Å². The van der Waals surface area contributed by atoms with Gasteiger partial charge in [-0.1, -0.05) is 13.8 Å². The second-order valence-electron chi connectivity index (χ2n) is 6.65. The topological polar surface area (TPSA) is 29.5 Å². The molecule has 0 radical (unpaired) electrons. The fraction of sp³-hybridized carbons (Fsp3) is 0.923. The molecule has 0 bridgehead atoms. The van der Waals surface area contributed by atoms with Crippen molar-refractivity contribution in [1.82, 2.24) is 4.90 Å². The lowest BCUT2D eigenvalue weighted by atomic mass is 9.82. The highest BCUT2D eigenvalue weighted by atomic mass is 32.1. The average molecular weight is 259 g/mol. The van der Waals surface area contributed by atoms with Crippen LogP contribution in [0.2, 0.25) is 0 Å². The van der Waals surface area contributed by atoms with Crippen molar-refractivity contribution in [2.75, 3.05) is 12.3 Å². The number of carbonyl (C=O) groups excluding carboxylic acids is 1. The Balaban J connectivity index is 2.73. The van der Waals surface area contributed by atoms with Crippen LogP contribution in [0.25, 0.3) is 0 Å². The molecule has 1 aliphatic heterocycles. The number of rotatable bonds is 1. The first-order valence-electron chi connectivity index (χ1n) is 6.25. The van der Waals surface area contributed by atoms with Crippen LogP contribution in [-0.4, -0.2) is 34.9 Å². The van der Waals surface area contributed by atoms with Gasteiger partial charge in [-0.15, -0.1) is 0 Å². The van der Waals surface area contributed by atoms with Gasteiger partial charge in [-0.05, 0) is 39.0 Å². The summed E-state index contributed by atoms with van der Waals surface area (Å²) in [5.74, 6) is 0.704. The first-order valence-corrected chi connectivity index (χ1v) is 6.88. The molecule has 0 N–H and O–H groups in total. The van der Waals surface area contributed by atoms with Crippen LogP contribution in [0.4, 0.5) is 4.79 Å². The molecule has 1 rings (SSSR count). The molecule has 4 heteroatoms. The summed E-state index contributed by atoms with van der Waals surface area (Å²) in [5.41, 5.74) is -0.254. The van der Waals surface area contributed by atoms with Crippen LogP contribution in [-0.2, 0) is 4.74 Å². The van der Waals surface area contributed by atoms with Crippen molar-refractivity contribution in [1.29, 1.82) is 0 Å². The fourth-order valence-corrected chi connectivity index (χ4v) is 2.49. The Labute approximate surface area is 110 Å². The summed E-state index contributed by atoms with van der Waals surface area (Å²) < 4.78 is 5.46. The zero-order valence-corrected chi connectivity index (χ0v) is 12.5. The number of hydrogen-bond donors (Lipinski definition) is 1. The van der Waals surface area contributed by atoms with Gasteiger partial charge in [-0.3, -0.25) is 0 Å². The van der Waals surface area contributed by atoms with E-state index in [-0.39, 0.29) is 17.6 Å². The molecule has 100 valence electrons. The van der Waals surface area contributed by atoms with Gasteiger partial charge in [-0.2, -0.15) is 12.6 Å². The molecule has 0 spiro atoms. The molecular formula is C13H25NO2S. The summed E-state index contributed by atoms with van der Waals surface area (Å²) in [6, 6.07) is 0.209. The quantitative estimate of drug-likeness (QED) is 0.732. The molecule has 1 heterocycles. The number of piperidine rings is 1. The zero-order valence-electron chi connectivity index (χ0n) is 11.6. The second-order valence-corrected chi connectivity index (χ2v) is 7.01. The number of carbonyl (C=O) groups is 1. The Kier molecular flexibility index (Phi) is 4.39. The monoisotopic (exact) mass is 259 g/mol. The second kappa shape index (κ2) is 5.09. The van der Waals surface area contributed by atoms with Crippen molar-refractivity contribution in [2.45, 2.75) is 59.1 Å². The lowest BCUT2D eigenvalue weighted by Crippen LogP contribution is -2.52. The van der Waals surface area contributed by atoms with Gasteiger partial charge >= 0.3 is 6.09 Å². The summed E-state index contributed by atoms with van der Waals surface area (Å²) in [6.45, 7) is 10.8. The largest absolute Gasteiger partial charge is 0.444 e. The van der Waals surface area contributed by atoms with E-state index in [1.165, 1.54) is 0 Å². The van der Waals surface area contributed by atoms with Crippen molar-refractivity contribution < 1.29 is 9.53 Å². The van der Waals surface area contributed by atoms with Gasteiger partial charge in [0, 0.05) is 18.3 Å². The Morgan fingerprint density at radius 2 is 2.06 bits per heavy atom. The Morgan fingerprint density at radius 3 is 2.53 bits per heavy atom. The molecule has 1 atom stereocenters. The Hall–Kier alpha value is -0.380. The minimum Gasteiger partial charge on any atom is -0.444 e. The average Bonchev–Trinajstić information content (AvgIpc) is 2.13. The van der Waals surface area contributed by atoms with Crippen LogP contribution in [0.1, 0.15) is 47.5 Å². The molecule has 1 aliphatic rings. The first kappa shape index (κ1) is 14.7. The number of thiol groups is 1. The minimum absolute atomic E-state index is 0.177. The molecule has 1 unspecified atom stereocenters. The van der Waals surface area contributed by atoms with Gasteiger partial charge in [0.05, 0.1) is 0 Å². The number of nitrogens with zero attached hydrogens (tertiary/aromatic N) is 1. The molecule has 0 saturated carbocycles. The van der Waals surface area contributed by atoms with Crippen molar-refractivity contribution in [3.8, 4) is 0 Å². The van der Waals surface area contributed by atoms with E-state index >= 15 is 0 Å². The van der Waals surface area contributed by atoms with Crippen molar-refractivity contribution in [2.24, 2.45) is 5.41 Å². The third kappa shape index (κ3) is 4.41.